The molecule has 5 nitrogen and oxygen atoms in total. The van der Waals surface area contributed by atoms with Crippen molar-refractivity contribution in [3.63, 3.8) is 0 Å². The molecule has 1 atom stereocenters. The molecule has 96 valence electrons. The molecule has 1 aromatic rings. The van der Waals surface area contributed by atoms with Gasteiger partial charge in [0.15, 0.2) is 9.84 Å². The van der Waals surface area contributed by atoms with Crippen LogP contribution in [0, 0.1) is 0 Å². The summed E-state index contributed by atoms with van der Waals surface area (Å²) in [6.45, 7) is 3.34. The van der Waals surface area contributed by atoms with E-state index in [9.17, 15) is 8.42 Å². The Labute approximate surface area is 102 Å². The predicted molar refractivity (Wildman–Crippen MR) is 68.0 cm³/mol. The van der Waals surface area contributed by atoms with Crippen LogP contribution in [0.3, 0.4) is 0 Å². The van der Waals surface area contributed by atoms with Crippen LogP contribution >= 0.6 is 0 Å². The first-order chi connectivity index (χ1) is 7.79. The Morgan fingerprint density at radius 2 is 2.18 bits per heavy atom. The Morgan fingerprint density at radius 3 is 2.59 bits per heavy atom. The quantitative estimate of drug-likeness (QED) is 0.584. The third kappa shape index (κ3) is 3.24. The van der Waals surface area contributed by atoms with Gasteiger partial charge in [-0.1, -0.05) is 6.07 Å². The van der Waals surface area contributed by atoms with E-state index in [1.54, 1.807) is 26.2 Å². The van der Waals surface area contributed by atoms with Gasteiger partial charge in [0.2, 0.25) is 0 Å². The third-order valence-electron chi connectivity index (χ3n) is 3.16. The number of hydrazine groups is 1. The zero-order chi connectivity index (χ0) is 13.1. The number of hydrogen-bond donors (Lipinski definition) is 2. The molecule has 0 fully saturated rings. The summed E-state index contributed by atoms with van der Waals surface area (Å²) in [5, 5.41) is 0. The minimum Gasteiger partial charge on any atom is -0.271 e. The fourth-order valence-electron chi connectivity index (χ4n) is 1.52. The second kappa shape index (κ2) is 5.12. The molecule has 0 saturated carbocycles. The van der Waals surface area contributed by atoms with Crippen molar-refractivity contribution in [2.45, 2.75) is 31.1 Å². The van der Waals surface area contributed by atoms with Gasteiger partial charge in [-0.15, -0.1) is 0 Å². The van der Waals surface area contributed by atoms with Gasteiger partial charge in [-0.2, -0.15) is 0 Å². The van der Waals surface area contributed by atoms with Gasteiger partial charge in [0.25, 0.3) is 0 Å². The van der Waals surface area contributed by atoms with Crippen LogP contribution in [0.4, 0.5) is 0 Å². The highest BCUT2D eigenvalue weighted by molar-refractivity contribution is 7.92. The van der Waals surface area contributed by atoms with Crippen LogP contribution in [0.25, 0.3) is 0 Å². The van der Waals surface area contributed by atoms with E-state index in [4.69, 9.17) is 5.84 Å². The molecule has 0 aromatic carbocycles. The Kier molecular flexibility index (Phi) is 4.24. The lowest BCUT2D eigenvalue weighted by atomic mass is 9.97. The number of nitrogens with one attached hydrogen (secondary N) is 1. The van der Waals surface area contributed by atoms with Gasteiger partial charge in [0.05, 0.1) is 4.75 Å². The first-order valence-corrected chi connectivity index (χ1v) is 7.23. The van der Waals surface area contributed by atoms with E-state index >= 15 is 0 Å². The van der Waals surface area contributed by atoms with Crippen LogP contribution in [-0.2, 0) is 16.3 Å². The second-order valence-electron chi connectivity index (χ2n) is 4.66. The van der Waals surface area contributed by atoms with Crippen molar-refractivity contribution < 1.29 is 8.42 Å². The van der Waals surface area contributed by atoms with Gasteiger partial charge in [0.1, 0.15) is 0 Å². The molecule has 1 heterocycles. The Morgan fingerprint density at radius 1 is 1.53 bits per heavy atom. The van der Waals surface area contributed by atoms with Crippen molar-refractivity contribution in [3.05, 3.63) is 30.1 Å². The summed E-state index contributed by atoms with van der Waals surface area (Å²) < 4.78 is 22.5. The Hall–Kier alpha value is -0.980. The van der Waals surface area contributed by atoms with E-state index in [2.05, 4.69) is 10.4 Å². The van der Waals surface area contributed by atoms with Crippen LogP contribution in [0.5, 0.6) is 0 Å². The SMILES string of the molecule is CC(C)(C(Cc1cccnc1)NN)S(C)(=O)=O. The molecule has 1 aromatic heterocycles. The normalized spacial score (nSPS) is 14.6. The van der Waals surface area contributed by atoms with Gasteiger partial charge in [-0.25, -0.2) is 8.42 Å². The Balaban J connectivity index is 2.94. The van der Waals surface area contributed by atoms with Gasteiger partial charge in [-0.3, -0.25) is 16.3 Å². The summed E-state index contributed by atoms with van der Waals surface area (Å²) in [5.74, 6) is 5.47. The van der Waals surface area contributed by atoms with Gasteiger partial charge in [-0.05, 0) is 31.9 Å². The van der Waals surface area contributed by atoms with Crippen LogP contribution < -0.4 is 11.3 Å². The zero-order valence-electron chi connectivity index (χ0n) is 10.3. The average Bonchev–Trinajstić information content (AvgIpc) is 2.25. The fraction of sp³-hybridized carbons (Fsp3) is 0.545. The van der Waals surface area contributed by atoms with Crippen molar-refractivity contribution in [2.24, 2.45) is 5.84 Å². The Bertz CT molecular complexity index is 457. The maximum Gasteiger partial charge on any atom is 0.154 e. The van der Waals surface area contributed by atoms with E-state index in [1.165, 1.54) is 6.26 Å². The molecule has 0 amide bonds. The molecule has 0 saturated heterocycles. The topological polar surface area (TPSA) is 85.1 Å². The molecule has 0 bridgehead atoms. The van der Waals surface area contributed by atoms with Gasteiger partial charge >= 0.3 is 0 Å². The molecule has 17 heavy (non-hydrogen) atoms. The number of hydrogen-bond acceptors (Lipinski definition) is 5. The summed E-state index contributed by atoms with van der Waals surface area (Å²) in [7, 11) is -3.20. The van der Waals surface area contributed by atoms with Crippen LogP contribution in [0.1, 0.15) is 19.4 Å². The standard InChI is InChI=1S/C11H19N3O2S/c1-11(2,17(3,15)16)10(14-12)7-9-5-4-6-13-8-9/h4-6,8,10,14H,7,12H2,1-3H3. The van der Waals surface area contributed by atoms with Crippen molar-refractivity contribution in [3.8, 4) is 0 Å². The summed E-state index contributed by atoms with van der Waals surface area (Å²) in [6, 6.07) is 3.35. The molecule has 1 unspecified atom stereocenters. The largest absolute Gasteiger partial charge is 0.271 e. The number of nitrogens with zero attached hydrogens (tertiary/aromatic N) is 1. The zero-order valence-corrected chi connectivity index (χ0v) is 11.2. The minimum absolute atomic E-state index is 0.360. The lowest BCUT2D eigenvalue weighted by Crippen LogP contribution is -2.55. The molecule has 1 rings (SSSR count). The highest BCUT2D eigenvalue weighted by atomic mass is 32.2. The van der Waals surface area contributed by atoms with E-state index in [-0.39, 0.29) is 6.04 Å². The summed E-state index contributed by atoms with van der Waals surface area (Å²) >= 11 is 0. The van der Waals surface area contributed by atoms with E-state index < -0.39 is 14.6 Å². The van der Waals surface area contributed by atoms with E-state index in [1.807, 2.05) is 12.1 Å². The van der Waals surface area contributed by atoms with E-state index in [0.717, 1.165) is 5.56 Å². The highest BCUT2D eigenvalue weighted by Gasteiger charge is 2.38. The van der Waals surface area contributed by atoms with Gasteiger partial charge in [0, 0.05) is 24.7 Å². The molecule has 3 N–H and O–H groups in total. The van der Waals surface area contributed by atoms with Crippen molar-refractivity contribution in [1.29, 1.82) is 0 Å². The number of pyridine rings is 1. The molecule has 0 aliphatic rings. The maximum absolute atomic E-state index is 11.7. The molecule has 0 aliphatic carbocycles. The van der Waals surface area contributed by atoms with Crippen LogP contribution in [-0.4, -0.2) is 30.4 Å². The smallest absolute Gasteiger partial charge is 0.154 e. The first kappa shape index (κ1) is 14.1. The molecule has 6 heteroatoms. The highest BCUT2D eigenvalue weighted by Crippen LogP contribution is 2.22. The van der Waals surface area contributed by atoms with Crippen LogP contribution in [0.2, 0.25) is 0 Å². The lowest BCUT2D eigenvalue weighted by Gasteiger charge is -2.32. The van der Waals surface area contributed by atoms with Crippen molar-refractivity contribution >= 4 is 9.84 Å². The fourth-order valence-corrected chi connectivity index (χ4v) is 2.19. The van der Waals surface area contributed by atoms with Crippen LogP contribution in [0.15, 0.2) is 24.5 Å². The molecule has 0 spiro atoms. The number of rotatable bonds is 5. The second-order valence-corrected chi connectivity index (χ2v) is 7.26. The average molecular weight is 257 g/mol. The minimum atomic E-state index is -3.20. The maximum atomic E-state index is 11.7. The molecular weight excluding hydrogens is 238 g/mol. The number of sulfone groups is 1. The molecule has 0 aliphatic heterocycles. The predicted octanol–water partition coefficient (Wildman–Crippen LogP) is 0.279. The number of aromatic nitrogens is 1. The third-order valence-corrected chi connectivity index (χ3v) is 5.35. The lowest BCUT2D eigenvalue weighted by molar-refractivity contribution is 0.412. The van der Waals surface area contributed by atoms with Gasteiger partial charge < -0.3 is 0 Å². The molecule has 0 radical (unpaired) electrons. The van der Waals surface area contributed by atoms with E-state index in [0.29, 0.717) is 6.42 Å². The summed E-state index contributed by atoms with van der Waals surface area (Å²) in [4.78, 5) is 4.00. The molecular formula is C11H19N3O2S. The van der Waals surface area contributed by atoms with Crippen molar-refractivity contribution in [1.82, 2.24) is 10.4 Å². The number of nitrogens with two attached hydrogens (primary N) is 1. The first-order valence-electron chi connectivity index (χ1n) is 5.33. The monoisotopic (exact) mass is 257 g/mol. The summed E-state index contributed by atoms with van der Waals surface area (Å²) in [5.41, 5.74) is 3.54. The summed E-state index contributed by atoms with van der Waals surface area (Å²) in [6.07, 6.45) is 5.13. The van der Waals surface area contributed by atoms with Crippen molar-refractivity contribution in [2.75, 3.05) is 6.26 Å².